The SMILES string of the molecule is COC(=O)Nc1nc2ccc(OS(=O)(=O)c3ccc(OCCN4CCOCC4)cc3)cc2[nH]1. The van der Waals surface area contributed by atoms with Crippen LogP contribution in [0, 0.1) is 0 Å². The van der Waals surface area contributed by atoms with Gasteiger partial charge in [-0.1, -0.05) is 0 Å². The molecule has 0 atom stereocenters. The van der Waals surface area contributed by atoms with Gasteiger partial charge in [-0.3, -0.25) is 10.2 Å². The Morgan fingerprint density at radius 1 is 1.15 bits per heavy atom. The summed E-state index contributed by atoms with van der Waals surface area (Å²) in [4.78, 5) is 20.6. The molecule has 0 saturated carbocycles. The van der Waals surface area contributed by atoms with Gasteiger partial charge in [0, 0.05) is 25.7 Å². The van der Waals surface area contributed by atoms with E-state index in [2.05, 4.69) is 24.9 Å². The molecule has 12 heteroatoms. The standard InChI is InChI=1S/C21H24N4O7S/c1-29-21(26)24-20-22-18-7-4-16(14-19(18)23-20)32-33(27,28)17-5-2-15(3-6-17)31-13-10-25-8-11-30-12-9-25/h2-7,14H,8-13H2,1H3,(H2,22,23,24,26). The molecule has 1 amide bonds. The predicted molar refractivity (Wildman–Crippen MR) is 119 cm³/mol. The van der Waals surface area contributed by atoms with E-state index in [1.165, 1.54) is 31.4 Å². The lowest BCUT2D eigenvalue weighted by Gasteiger charge is -2.26. The number of benzene rings is 2. The van der Waals surface area contributed by atoms with Gasteiger partial charge in [-0.05, 0) is 36.4 Å². The molecule has 33 heavy (non-hydrogen) atoms. The first-order chi connectivity index (χ1) is 15.9. The van der Waals surface area contributed by atoms with Crippen LogP contribution >= 0.6 is 0 Å². The van der Waals surface area contributed by atoms with E-state index in [0.29, 0.717) is 23.4 Å². The van der Waals surface area contributed by atoms with Gasteiger partial charge >= 0.3 is 16.2 Å². The number of morpholine rings is 1. The molecule has 4 rings (SSSR count). The van der Waals surface area contributed by atoms with Crippen LogP contribution in [0.2, 0.25) is 0 Å². The summed E-state index contributed by atoms with van der Waals surface area (Å²) in [7, 11) is -2.82. The van der Waals surface area contributed by atoms with Crippen molar-refractivity contribution in [3.63, 3.8) is 0 Å². The number of H-pyrrole nitrogens is 1. The molecular weight excluding hydrogens is 452 g/mol. The number of fused-ring (bicyclic) bond motifs is 1. The lowest BCUT2D eigenvalue weighted by atomic mass is 10.3. The Kier molecular flexibility index (Phi) is 6.96. The van der Waals surface area contributed by atoms with Crippen LogP contribution in [0.25, 0.3) is 11.0 Å². The molecule has 1 aliphatic rings. The van der Waals surface area contributed by atoms with E-state index in [0.717, 1.165) is 32.8 Å². The Bertz CT molecular complexity index is 1210. The Hall–Kier alpha value is -3.35. The smallest absolute Gasteiger partial charge is 0.413 e. The predicted octanol–water partition coefficient (Wildman–Crippen LogP) is 2.22. The van der Waals surface area contributed by atoms with E-state index in [-0.39, 0.29) is 16.6 Å². The van der Waals surface area contributed by atoms with Gasteiger partial charge in [0.25, 0.3) is 0 Å². The van der Waals surface area contributed by atoms with E-state index in [4.69, 9.17) is 13.7 Å². The lowest BCUT2D eigenvalue weighted by Crippen LogP contribution is -2.38. The Balaban J connectivity index is 1.37. The highest BCUT2D eigenvalue weighted by Crippen LogP contribution is 2.25. The summed E-state index contributed by atoms with van der Waals surface area (Å²) in [6.45, 7) is 4.49. The Labute approximate surface area is 190 Å². The maximum atomic E-state index is 12.7. The monoisotopic (exact) mass is 476 g/mol. The molecule has 0 aliphatic carbocycles. The van der Waals surface area contributed by atoms with Crippen LogP contribution in [0.4, 0.5) is 10.7 Å². The molecular formula is C21H24N4O7S. The average Bonchev–Trinajstić information content (AvgIpc) is 3.21. The highest BCUT2D eigenvalue weighted by atomic mass is 32.2. The number of rotatable bonds is 8. The fourth-order valence-corrected chi connectivity index (χ4v) is 4.16. The Morgan fingerprint density at radius 2 is 1.88 bits per heavy atom. The summed E-state index contributed by atoms with van der Waals surface area (Å²) in [6.07, 6.45) is -0.679. The third-order valence-corrected chi connectivity index (χ3v) is 6.22. The van der Waals surface area contributed by atoms with Crippen molar-refractivity contribution in [2.24, 2.45) is 0 Å². The van der Waals surface area contributed by atoms with Crippen LogP contribution in [0.5, 0.6) is 11.5 Å². The summed E-state index contributed by atoms with van der Waals surface area (Å²) >= 11 is 0. The van der Waals surface area contributed by atoms with E-state index in [9.17, 15) is 13.2 Å². The maximum Gasteiger partial charge on any atom is 0.413 e. The summed E-state index contributed by atoms with van der Waals surface area (Å²) in [5.74, 6) is 0.842. The van der Waals surface area contributed by atoms with Crippen molar-refractivity contribution in [1.29, 1.82) is 0 Å². The quantitative estimate of drug-likeness (QED) is 0.470. The summed E-state index contributed by atoms with van der Waals surface area (Å²) in [5.41, 5.74) is 1.00. The fraction of sp³-hybridized carbons (Fsp3) is 0.333. The van der Waals surface area contributed by atoms with Gasteiger partial charge in [0.1, 0.15) is 23.0 Å². The molecule has 2 heterocycles. The van der Waals surface area contributed by atoms with Crippen molar-refractivity contribution < 1.29 is 31.6 Å². The van der Waals surface area contributed by atoms with Crippen LogP contribution < -0.4 is 14.2 Å². The number of aromatic nitrogens is 2. The Morgan fingerprint density at radius 3 is 2.61 bits per heavy atom. The van der Waals surface area contributed by atoms with Crippen LogP contribution in [-0.2, 0) is 19.6 Å². The lowest BCUT2D eigenvalue weighted by molar-refractivity contribution is 0.0322. The average molecular weight is 477 g/mol. The zero-order valence-electron chi connectivity index (χ0n) is 17.9. The number of carbonyl (C=O) groups is 1. The van der Waals surface area contributed by atoms with Gasteiger partial charge in [-0.15, -0.1) is 0 Å². The minimum Gasteiger partial charge on any atom is -0.492 e. The number of nitrogens with zero attached hydrogens (tertiary/aromatic N) is 2. The van der Waals surface area contributed by atoms with Gasteiger partial charge in [-0.2, -0.15) is 8.42 Å². The molecule has 3 aromatic rings. The second-order valence-corrected chi connectivity index (χ2v) is 8.74. The summed E-state index contributed by atoms with van der Waals surface area (Å²) in [6, 6.07) is 10.6. The highest BCUT2D eigenvalue weighted by Gasteiger charge is 2.18. The van der Waals surface area contributed by atoms with Gasteiger partial charge in [-0.25, -0.2) is 9.78 Å². The van der Waals surface area contributed by atoms with Crippen molar-refractivity contribution in [2.45, 2.75) is 4.90 Å². The molecule has 176 valence electrons. The zero-order chi connectivity index (χ0) is 23.3. The topological polar surface area (TPSA) is 132 Å². The van der Waals surface area contributed by atoms with Crippen LogP contribution in [0.1, 0.15) is 0 Å². The van der Waals surface area contributed by atoms with Gasteiger partial charge < -0.3 is 23.4 Å². The molecule has 11 nitrogen and oxygen atoms in total. The van der Waals surface area contributed by atoms with Crippen LogP contribution in [0.15, 0.2) is 47.4 Å². The molecule has 1 aliphatic heterocycles. The number of imidazole rings is 1. The minimum absolute atomic E-state index is 0.000726. The zero-order valence-corrected chi connectivity index (χ0v) is 18.8. The summed E-state index contributed by atoms with van der Waals surface area (Å²) in [5, 5.41) is 2.41. The fourth-order valence-electron chi connectivity index (χ4n) is 3.24. The number of hydrogen-bond acceptors (Lipinski definition) is 9. The number of amides is 1. The number of hydrogen-bond donors (Lipinski definition) is 2. The first-order valence-electron chi connectivity index (χ1n) is 10.3. The van der Waals surface area contributed by atoms with E-state index in [1.807, 2.05) is 0 Å². The van der Waals surface area contributed by atoms with Crippen molar-refractivity contribution in [2.75, 3.05) is 51.9 Å². The number of anilines is 1. The van der Waals surface area contributed by atoms with E-state index < -0.39 is 16.2 Å². The summed E-state index contributed by atoms with van der Waals surface area (Å²) < 4.78 is 46.2. The second-order valence-electron chi connectivity index (χ2n) is 7.19. The van der Waals surface area contributed by atoms with Gasteiger partial charge in [0.05, 0.1) is 31.4 Å². The van der Waals surface area contributed by atoms with E-state index in [1.54, 1.807) is 18.2 Å². The normalized spacial score (nSPS) is 14.7. The molecule has 0 radical (unpaired) electrons. The van der Waals surface area contributed by atoms with Crippen LogP contribution in [0.3, 0.4) is 0 Å². The van der Waals surface area contributed by atoms with Crippen molar-refractivity contribution in [1.82, 2.24) is 14.9 Å². The molecule has 1 fully saturated rings. The van der Waals surface area contributed by atoms with Crippen molar-refractivity contribution in [3.05, 3.63) is 42.5 Å². The molecule has 2 aromatic carbocycles. The first-order valence-corrected chi connectivity index (χ1v) is 11.7. The number of nitrogens with one attached hydrogen (secondary N) is 2. The number of ether oxygens (including phenoxy) is 3. The van der Waals surface area contributed by atoms with Gasteiger partial charge in [0.15, 0.2) is 0 Å². The van der Waals surface area contributed by atoms with Crippen LogP contribution in [-0.4, -0.2) is 75.9 Å². The van der Waals surface area contributed by atoms with Crippen molar-refractivity contribution >= 4 is 33.2 Å². The molecule has 1 saturated heterocycles. The highest BCUT2D eigenvalue weighted by molar-refractivity contribution is 7.87. The number of aromatic amines is 1. The number of methoxy groups -OCH3 is 1. The third-order valence-electron chi connectivity index (χ3n) is 4.96. The first kappa shape index (κ1) is 22.8. The maximum absolute atomic E-state index is 12.7. The molecule has 0 bridgehead atoms. The second kappa shape index (κ2) is 10.1. The molecule has 1 aromatic heterocycles. The van der Waals surface area contributed by atoms with Crippen molar-refractivity contribution in [3.8, 4) is 11.5 Å². The third kappa shape index (κ3) is 5.92. The molecule has 0 unspecified atom stereocenters. The molecule has 2 N–H and O–H groups in total. The largest absolute Gasteiger partial charge is 0.492 e. The number of carbonyl (C=O) groups excluding carboxylic acids is 1. The van der Waals surface area contributed by atoms with Gasteiger partial charge in [0.2, 0.25) is 5.95 Å². The molecule has 0 spiro atoms. The minimum atomic E-state index is -4.05. The van der Waals surface area contributed by atoms with E-state index >= 15 is 0 Å².